The monoisotopic (exact) mass is 792 g/mol. The van der Waals surface area contributed by atoms with E-state index in [0.717, 1.165) is 18.6 Å². The zero-order chi connectivity index (χ0) is 39.9. The molecule has 4 aromatic carbocycles. The van der Waals surface area contributed by atoms with Gasteiger partial charge in [-0.15, -0.1) is 0 Å². The van der Waals surface area contributed by atoms with Crippen molar-refractivity contribution in [1.82, 2.24) is 10.9 Å². The van der Waals surface area contributed by atoms with Crippen LogP contribution in [0, 0.1) is 45.9 Å². The van der Waals surface area contributed by atoms with Gasteiger partial charge in [0.1, 0.15) is 27.2 Å². The SMILES string of the molecule is Cc1ccc(S(=O)(=O)Oc2ccc(C=NNC(=O)C(C(=O)NN=Cc3ccc(OS(=O)(=O)c4ccc(C)c([N+](=O)[O-])c4)cc3)C3CCC3)cc2)cc1[N+](=O)[O-]. The topological polar surface area (TPSA) is 256 Å². The van der Waals surface area contributed by atoms with Gasteiger partial charge in [0, 0.05) is 23.3 Å². The predicted molar refractivity (Wildman–Crippen MR) is 196 cm³/mol. The van der Waals surface area contributed by atoms with Gasteiger partial charge in [0.25, 0.3) is 23.2 Å². The van der Waals surface area contributed by atoms with Crippen LogP contribution in [0.1, 0.15) is 41.5 Å². The molecule has 1 aliphatic carbocycles. The Bertz CT molecular complexity index is 2250. The quantitative estimate of drug-likeness (QED) is 0.0547. The summed E-state index contributed by atoms with van der Waals surface area (Å²) in [5.74, 6) is -2.84. The van der Waals surface area contributed by atoms with Crippen LogP contribution in [-0.2, 0) is 29.8 Å². The molecule has 0 heterocycles. The third-order valence-electron chi connectivity index (χ3n) is 8.47. The Labute approximate surface area is 314 Å². The van der Waals surface area contributed by atoms with Crippen molar-refractivity contribution in [3.63, 3.8) is 0 Å². The Morgan fingerprint density at radius 2 is 1.07 bits per heavy atom. The fourth-order valence-electron chi connectivity index (χ4n) is 5.25. The minimum atomic E-state index is -4.38. The normalized spacial score (nSPS) is 13.9. The van der Waals surface area contributed by atoms with Gasteiger partial charge in [0.05, 0.1) is 22.3 Å². The van der Waals surface area contributed by atoms with Crippen molar-refractivity contribution in [2.75, 3.05) is 0 Å². The number of benzene rings is 4. The highest BCUT2D eigenvalue weighted by Crippen LogP contribution is 2.34. The van der Waals surface area contributed by atoms with Crippen LogP contribution in [0.2, 0.25) is 0 Å². The molecule has 0 aliphatic heterocycles. The van der Waals surface area contributed by atoms with Crippen LogP contribution in [0.15, 0.2) is 105 Å². The molecule has 1 aliphatic rings. The minimum Gasteiger partial charge on any atom is -0.379 e. The summed E-state index contributed by atoms with van der Waals surface area (Å²) in [5.41, 5.74) is 5.43. The molecule has 2 amide bonds. The van der Waals surface area contributed by atoms with Crippen molar-refractivity contribution in [3.05, 3.63) is 127 Å². The number of hydrazone groups is 2. The lowest BCUT2D eigenvalue weighted by Gasteiger charge is -2.30. The first-order chi connectivity index (χ1) is 26.0. The number of aryl methyl sites for hydroxylation is 2. The van der Waals surface area contributed by atoms with Gasteiger partial charge < -0.3 is 8.37 Å². The Morgan fingerprint density at radius 1 is 0.691 bits per heavy atom. The van der Waals surface area contributed by atoms with Gasteiger partial charge in [0.2, 0.25) is 0 Å². The van der Waals surface area contributed by atoms with Gasteiger partial charge in [-0.05, 0) is 104 Å². The third-order valence-corrected chi connectivity index (χ3v) is 11.0. The Morgan fingerprint density at radius 3 is 1.40 bits per heavy atom. The largest absolute Gasteiger partial charge is 0.379 e. The molecule has 5 rings (SSSR count). The van der Waals surface area contributed by atoms with E-state index in [1.165, 1.54) is 99.1 Å². The molecule has 0 radical (unpaired) electrons. The molecule has 1 fully saturated rings. The van der Waals surface area contributed by atoms with E-state index in [4.69, 9.17) is 8.37 Å². The second kappa shape index (κ2) is 16.6. The third kappa shape index (κ3) is 9.91. The first-order valence-electron chi connectivity index (χ1n) is 16.3. The molecule has 0 aromatic heterocycles. The molecule has 20 heteroatoms. The van der Waals surface area contributed by atoms with Crippen LogP contribution >= 0.6 is 0 Å². The van der Waals surface area contributed by atoms with E-state index in [1.54, 1.807) is 0 Å². The van der Waals surface area contributed by atoms with Gasteiger partial charge >= 0.3 is 20.2 Å². The van der Waals surface area contributed by atoms with Gasteiger partial charge in [0.15, 0.2) is 0 Å². The Hall–Kier alpha value is -6.54. The zero-order valence-corrected chi connectivity index (χ0v) is 30.7. The fourth-order valence-corrected chi connectivity index (χ4v) is 7.15. The van der Waals surface area contributed by atoms with E-state index in [9.17, 15) is 46.7 Å². The molecule has 4 aromatic rings. The lowest BCUT2D eigenvalue weighted by molar-refractivity contribution is -0.385. The summed E-state index contributed by atoms with van der Waals surface area (Å²) in [6, 6.07) is 18.0. The summed E-state index contributed by atoms with van der Waals surface area (Å²) in [6.07, 6.45) is 4.66. The lowest BCUT2D eigenvalue weighted by atomic mass is 9.75. The van der Waals surface area contributed by atoms with Crippen molar-refractivity contribution in [3.8, 4) is 11.5 Å². The fraction of sp³-hybridized carbons (Fsp3) is 0.200. The number of nitrogens with one attached hydrogen (secondary N) is 2. The number of hydrogen-bond acceptors (Lipinski definition) is 14. The van der Waals surface area contributed by atoms with Crippen LogP contribution in [0.25, 0.3) is 0 Å². The summed E-state index contributed by atoms with van der Waals surface area (Å²) in [6.45, 7) is 2.96. The molecule has 18 nitrogen and oxygen atoms in total. The molecular weight excluding hydrogens is 761 g/mol. The Kier molecular flexibility index (Phi) is 12.0. The lowest BCUT2D eigenvalue weighted by Crippen LogP contribution is -2.44. The van der Waals surface area contributed by atoms with Crippen LogP contribution in [-0.4, -0.2) is 50.9 Å². The smallest absolute Gasteiger partial charge is 0.339 e. The van der Waals surface area contributed by atoms with E-state index in [0.29, 0.717) is 24.0 Å². The number of carbonyl (C=O) groups is 2. The highest BCUT2D eigenvalue weighted by Gasteiger charge is 2.38. The standard InChI is InChI=1S/C35H32N6O12S2/c1-22-6-16-29(18-31(22)40(44)45)54(48,49)52-27-12-8-24(9-13-27)20-36-38-34(42)33(26-4-3-5-26)35(43)39-37-21-25-10-14-28(15-11-25)53-55(50,51)30-17-7-23(2)32(19-30)41(46)47/h6-21,26,33H,3-5H2,1-2H3,(H,38,42)(H,39,43). The zero-order valence-electron chi connectivity index (χ0n) is 29.0. The molecule has 0 saturated heterocycles. The van der Waals surface area contributed by atoms with Crippen LogP contribution in [0.5, 0.6) is 11.5 Å². The maximum Gasteiger partial charge on any atom is 0.339 e. The number of amides is 2. The maximum absolute atomic E-state index is 13.0. The molecule has 1 saturated carbocycles. The van der Waals surface area contributed by atoms with E-state index < -0.39 is 47.8 Å². The van der Waals surface area contributed by atoms with Crippen molar-refractivity contribution in [2.24, 2.45) is 22.0 Å². The number of hydrogen-bond donors (Lipinski definition) is 2. The van der Waals surface area contributed by atoms with Crippen LogP contribution in [0.4, 0.5) is 11.4 Å². The summed E-state index contributed by atoms with van der Waals surface area (Å²) < 4.78 is 61.0. The molecule has 0 unspecified atom stereocenters. The highest BCUT2D eigenvalue weighted by atomic mass is 32.2. The van der Waals surface area contributed by atoms with Gasteiger partial charge in [-0.2, -0.15) is 27.0 Å². The summed E-state index contributed by atoms with van der Waals surface area (Å²) in [4.78, 5) is 46.3. The first-order valence-corrected chi connectivity index (χ1v) is 19.1. The minimum absolute atomic E-state index is 0.0721. The van der Waals surface area contributed by atoms with Gasteiger partial charge in [-0.1, -0.05) is 18.6 Å². The molecule has 0 bridgehead atoms. The molecule has 0 atom stereocenters. The van der Waals surface area contributed by atoms with E-state index in [1.807, 2.05) is 0 Å². The molecule has 2 N–H and O–H groups in total. The first kappa shape index (κ1) is 39.7. The second-order valence-electron chi connectivity index (χ2n) is 12.3. The van der Waals surface area contributed by atoms with Gasteiger partial charge in [-0.25, -0.2) is 10.9 Å². The number of nitrogens with zero attached hydrogens (tertiary/aromatic N) is 4. The number of nitro groups is 2. The van der Waals surface area contributed by atoms with Crippen molar-refractivity contribution in [2.45, 2.75) is 42.9 Å². The molecule has 286 valence electrons. The summed E-state index contributed by atoms with van der Waals surface area (Å²) in [7, 11) is -8.76. The molecule has 0 spiro atoms. The highest BCUT2D eigenvalue weighted by molar-refractivity contribution is 7.87. The summed E-state index contributed by atoms with van der Waals surface area (Å²) in [5, 5.41) is 30.3. The summed E-state index contributed by atoms with van der Waals surface area (Å²) >= 11 is 0. The van der Waals surface area contributed by atoms with E-state index >= 15 is 0 Å². The van der Waals surface area contributed by atoms with E-state index in [-0.39, 0.29) is 49.7 Å². The van der Waals surface area contributed by atoms with Crippen molar-refractivity contribution >= 4 is 55.9 Å². The average Bonchev–Trinajstić information content (AvgIpc) is 3.10. The predicted octanol–water partition coefficient (Wildman–Crippen LogP) is 4.67. The van der Waals surface area contributed by atoms with Crippen molar-refractivity contribution < 1.29 is 44.6 Å². The average molecular weight is 793 g/mol. The number of rotatable bonds is 15. The van der Waals surface area contributed by atoms with Crippen LogP contribution in [0.3, 0.4) is 0 Å². The molecule has 55 heavy (non-hydrogen) atoms. The van der Waals surface area contributed by atoms with Crippen molar-refractivity contribution in [1.29, 1.82) is 0 Å². The number of nitro benzene ring substituents is 2. The van der Waals surface area contributed by atoms with Crippen LogP contribution < -0.4 is 19.2 Å². The van der Waals surface area contributed by atoms with E-state index in [2.05, 4.69) is 21.1 Å². The Balaban J connectivity index is 1.15. The van der Waals surface area contributed by atoms with Gasteiger partial charge in [-0.3, -0.25) is 29.8 Å². The number of carbonyl (C=O) groups excluding carboxylic acids is 2. The molecular formula is C35H32N6O12S2. The second-order valence-corrected chi connectivity index (χ2v) is 15.4. The maximum atomic E-state index is 13.0.